The molecule has 1 aromatic rings. The summed E-state index contributed by atoms with van der Waals surface area (Å²) in [6.45, 7) is 4.08. The third-order valence-electron chi connectivity index (χ3n) is 4.45. The minimum Gasteiger partial charge on any atom is -0.337 e. The molecule has 0 radical (unpaired) electrons. The van der Waals surface area contributed by atoms with Crippen LogP contribution in [0.3, 0.4) is 0 Å². The average Bonchev–Trinajstić information content (AvgIpc) is 3.00. The number of hydrogen-bond acceptors (Lipinski definition) is 2. The fourth-order valence-electron chi connectivity index (χ4n) is 3.40. The van der Waals surface area contributed by atoms with Crippen LogP contribution >= 0.6 is 27.5 Å². The molecule has 1 aromatic carbocycles. The SMILES string of the molecule is O=C(c1cc(Cl)cc(Br)c1)N1CCCC(N2CCCC2)C1. The molecule has 1 atom stereocenters. The van der Waals surface area contributed by atoms with Gasteiger partial charge < -0.3 is 4.90 Å². The Bertz CT molecular complexity index is 511. The largest absolute Gasteiger partial charge is 0.337 e. The van der Waals surface area contributed by atoms with Gasteiger partial charge in [0.15, 0.2) is 0 Å². The molecule has 3 rings (SSSR count). The maximum absolute atomic E-state index is 12.7. The summed E-state index contributed by atoms with van der Waals surface area (Å²) in [6, 6.07) is 5.96. The number of likely N-dealkylation sites (tertiary alicyclic amines) is 2. The lowest BCUT2D eigenvalue weighted by molar-refractivity contribution is 0.0608. The Morgan fingerprint density at radius 2 is 1.90 bits per heavy atom. The first kappa shape index (κ1) is 15.3. The lowest BCUT2D eigenvalue weighted by Gasteiger charge is -2.37. The van der Waals surface area contributed by atoms with E-state index in [2.05, 4.69) is 20.8 Å². The zero-order chi connectivity index (χ0) is 14.8. The molecule has 2 aliphatic rings. The predicted octanol–water partition coefficient (Wildman–Crippen LogP) is 3.80. The van der Waals surface area contributed by atoms with Crippen molar-refractivity contribution in [3.05, 3.63) is 33.3 Å². The van der Waals surface area contributed by atoms with Gasteiger partial charge in [0.1, 0.15) is 0 Å². The van der Waals surface area contributed by atoms with Gasteiger partial charge in [-0.25, -0.2) is 0 Å². The highest BCUT2D eigenvalue weighted by atomic mass is 79.9. The molecule has 1 amide bonds. The molecule has 0 aromatic heterocycles. The van der Waals surface area contributed by atoms with Crippen molar-refractivity contribution in [2.24, 2.45) is 0 Å². The van der Waals surface area contributed by atoms with Gasteiger partial charge in [0, 0.05) is 34.2 Å². The van der Waals surface area contributed by atoms with Crippen molar-refractivity contribution in [3.63, 3.8) is 0 Å². The van der Waals surface area contributed by atoms with E-state index < -0.39 is 0 Å². The zero-order valence-corrected chi connectivity index (χ0v) is 14.4. The fourth-order valence-corrected chi connectivity index (χ4v) is 4.26. The minimum atomic E-state index is 0.0992. The summed E-state index contributed by atoms with van der Waals surface area (Å²) < 4.78 is 0.853. The second-order valence-corrected chi connectivity index (χ2v) is 7.30. The van der Waals surface area contributed by atoms with E-state index in [4.69, 9.17) is 11.6 Å². The molecule has 5 heteroatoms. The van der Waals surface area contributed by atoms with Gasteiger partial charge in [0.05, 0.1) is 0 Å². The quantitative estimate of drug-likeness (QED) is 0.789. The van der Waals surface area contributed by atoms with Gasteiger partial charge in [-0.05, 0) is 57.0 Å². The van der Waals surface area contributed by atoms with Crippen molar-refractivity contribution in [2.45, 2.75) is 31.7 Å². The summed E-state index contributed by atoms with van der Waals surface area (Å²) in [5.41, 5.74) is 0.677. The van der Waals surface area contributed by atoms with E-state index in [1.165, 1.54) is 32.4 Å². The van der Waals surface area contributed by atoms with Crippen molar-refractivity contribution in [3.8, 4) is 0 Å². The Kier molecular flexibility index (Phi) is 4.87. The highest BCUT2D eigenvalue weighted by molar-refractivity contribution is 9.10. The van der Waals surface area contributed by atoms with Crippen LogP contribution in [0.1, 0.15) is 36.0 Å². The van der Waals surface area contributed by atoms with E-state index in [0.717, 1.165) is 24.0 Å². The summed E-state index contributed by atoms with van der Waals surface area (Å²) in [6.07, 6.45) is 4.90. The van der Waals surface area contributed by atoms with Gasteiger partial charge >= 0.3 is 0 Å². The van der Waals surface area contributed by atoms with Gasteiger partial charge in [0.2, 0.25) is 0 Å². The summed E-state index contributed by atoms with van der Waals surface area (Å²) >= 11 is 9.46. The summed E-state index contributed by atoms with van der Waals surface area (Å²) in [5, 5.41) is 0.598. The molecule has 114 valence electrons. The topological polar surface area (TPSA) is 23.6 Å². The van der Waals surface area contributed by atoms with Crippen LogP contribution in [0.15, 0.2) is 22.7 Å². The average molecular weight is 372 g/mol. The molecule has 2 saturated heterocycles. The van der Waals surface area contributed by atoms with Crippen LogP contribution in [0.5, 0.6) is 0 Å². The maximum atomic E-state index is 12.7. The van der Waals surface area contributed by atoms with Crippen molar-refractivity contribution < 1.29 is 4.79 Å². The van der Waals surface area contributed by atoms with Crippen LogP contribution in [-0.2, 0) is 0 Å². The first-order chi connectivity index (χ1) is 10.1. The third-order valence-corrected chi connectivity index (χ3v) is 5.13. The van der Waals surface area contributed by atoms with Gasteiger partial charge in [0.25, 0.3) is 5.91 Å². The number of hydrogen-bond donors (Lipinski definition) is 0. The number of piperidine rings is 1. The van der Waals surface area contributed by atoms with Crippen molar-refractivity contribution in [2.75, 3.05) is 26.2 Å². The van der Waals surface area contributed by atoms with Gasteiger partial charge in [-0.1, -0.05) is 27.5 Å². The van der Waals surface area contributed by atoms with E-state index in [1.54, 1.807) is 6.07 Å². The Morgan fingerprint density at radius 1 is 1.14 bits per heavy atom. The molecule has 2 heterocycles. The van der Waals surface area contributed by atoms with E-state index in [9.17, 15) is 4.79 Å². The van der Waals surface area contributed by atoms with Crippen molar-refractivity contribution in [1.29, 1.82) is 0 Å². The molecular formula is C16H20BrClN2O. The second kappa shape index (κ2) is 6.67. The van der Waals surface area contributed by atoms with E-state index >= 15 is 0 Å². The Balaban J connectivity index is 1.71. The second-order valence-electron chi connectivity index (χ2n) is 5.95. The third kappa shape index (κ3) is 3.61. The van der Waals surface area contributed by atoms with Crippen LogP contribution in [0.25, 0.3) is 0 Å². The normalized spacial score (nSPS) is 23.5. The number of benzene rings is 1. The van der Waals surface area contributed by atoms with Crippen LogP contribution in [0, 0.1) is 0 Å². The molecule has 3 nitrogen and oxygen atoms in total. The lowest BCUT2D eigenvalue weighted by Crippen LogP contribution is -2.49. The standard InChI is InChI=1S/C16H20BrClN2O/c17-13-8-12(9-14(18)10-13)16(21)20-7-3-4-15(11-20)19-5-1-2-6-19/h8-10,15H,1-7,11H2. The van der Waals surface area contributed by atoms with Crippen LogP contribution in [0.2, 0.25) is 5.02 Å². The van der Waals surface area contributed by atoms with E-state index in [-0.39, 0.29) is 5.91 Å². The number of amides is 1. The Morgan fingerprint density at radius 3 is 2.62 bits per heavy atom. The highest BCUT2D eigenvalue weighted by Gasteiger charge is 2.29. The van der Waals surface area contributed by atoms with Crippen molar-refractivity contribution >= 4 is 33.4 Å². The predicted molar refractivity (Wildman–Crippen MR) is 88.9 cm³/mol. The number of carbonyl (C=O) groups excluding carboxylic acids is 1. The van der Waals surface area contributed by atoms with Crippen LogP contribution in [-0.4, -0.2) is 47.9 Å². The Labute approximate surface area is 139 Å². The summed E-state index contributed by atoms with van der Waals surface area (Å²) in [7, 11) is 0. The molecular weight excluding hydrogens is 352 g/mol. The number of carbonyl (C=O) groups is 1. The first-order valence-electron chi connectivity index (χ1n) is 7.63. The molecule has 0 N–H and O–H groups in total. The molecule has 21 heavy (non-hydrogen) atoms. The number of rotatable bonds is 2. The van der Waals surface area contributed by atoms with Gasteiger partial charge in [-0.3, -0.25) is 9.69 Å². The number of nitrogens with zero attached hydrogens (tertiary/aromatic N) is 2. The minimum absolute atomic E-state index is 0.0992. The smallest absolute Gasteiger partial charge is 0.253 e. The molecule has 1 unspecified atom stereocenters. The molecule has 0 bridgehead atoms. The molecule has 2 aliphatic heterocycles. The van der Waals surface area contributed by atoms with Gasteiger partial charge in [-0.15, -0.1) is 0 Å². The first-order valence-corrected chi connectivity index (χ1v) is 8.80. The highest BCUT2D eigenvalue weighted by Crippen LogP contribution is 2.24. The lowest BCUT2D eigenvalue weighted by atomic mass is 10.0. The maximum Gasteiger partial charge on any atom is 0.253 e. The molecule has 0 saturated carbocycles. The molecule has 0 spiro atoms. The number of halogens is 2. The summed E-state index contributed by atoms with van der Waals surface area (Å²) in [4.78, 5) is 17.2. The van der Waals surface area contributed by atoms with E-state index in [0.29, 0.717) is 16.6 Å². The van der Waals surface area contributed by atoms with Crippen molar-refractivity contribution in [1.82, 2.24) is 9.80 Å². The molecule has 2 fully saturated rings. The van der Waals surface area contributed by atoms with E-state index in [1.807, 2.05) is 17.0 Å². The monoisotopic (exact) mass is 370 g/mol. The Hall–Kier alpha value is -0.580. The van der Waals surface area contributed by atoms with Crippen LogP contribution in [0.4, 0.5) is 0 Å². The zero-order valence-electron chi connectivity index (χ0n) is 12.0. The summed E-state index contributed by atoms with van der Waals surface area (Å²) in [5.74, 6) is 0.0992. The van der Waals surface area contributed by atoms with Gasteiger partial charge in [-0.2, -0.15) is 0 Å². The van der Waals surface area contributed by atoms with Crippen LogP contribution < -0.4 is 0 Å². The fraction of sp³-hybridized carbons (Fsp3) is 0.562. The molecule has 0 aliphatic carbocycles.